The van der Waals surface area contributed by atoms with Gasteiger partial charge in [0, 0.05) is 18.2 Å². The fraction of sp³-hybridized carbons (Fsp3) is 0.400. The largest absolute Gasteiger partial charge is 0.393 e. The number of allylic oxidation sites excluding steroid dienone is 1. The van der Waals surface area contributed by atoms with E-state index in [2.05, 4.69) is 11.4 Å². The fourth-order valence-electron chi connectivity index (χ4n) is 2.41. The minimum absolute atomic E-state index is 0.0592. The first-order valence-corrected chi connectivity index (χ1v) is 7.08. The molecule has 6 nitrogen and oxygen atoms in total. The molecule has 112 valence electrons. The Morgan fingerprint density at radius 1 is 1.38 bits per heavy atom. The van der Waals surface area contributed by atoms with Gasteiger partial charge in [-0.1, -0.05) is 11.6 Å². The number of hydrogen-bond acceptors (Lipinski definition) is 4. The van der Waals surface area contributed by atoms with Crippen molar-refractivity contribution in [2.45, 2.75) is 32.1 Å². The lowest BCUT2D eigenvalue weighted by Crippen LogP contribution is -2.25. The first-order valence-electron chi connectivity index (χ1n) is 7.08. The Kier molecular flexibility index (Phi) is 4.92. The van der Waals surface area contributed by atoms with Gasteiger partial charge in [0.1, 0.15) is 5.69 Å². The van der Waals surface area contributed by atoms with E-state index in [-0.39, 0.29) is 22.8 Å². The predicted octanol–water partition coefficient (Wildman–Crippen LogP) is 2.80. The third kappa shape index (κ3) is 4.05. The van der Waals surface area contributed by atoms with Gasteiger partial charge >= 0.3 is 0 Å². The van der Waals surface area contributed by atoms with E-state index in [0.29, 0.717) is 6.54 Å². The van der Waals surface area contributed by atoms with Gasteiger partial charge in [0.25, 0.3) is 11.6 Å². The van der Waals surface area contributed by atoms with Crippen LogP contribution in [0.4, 0.5) is 11.4 Å². The zero-order chi connectivity index (χ0) is 15.2. The Hall–Kier alpha value is -2.37. The molecule has 0 aliphatic heterocycles. The van der Waals surface area contributed by atoms with Crippen molar-refractivity contribution in [3.05, 3.63) is 45.5 Å². The highest BCUT2D eigenvalue weighted by Crippen LogP contribution is 2.22. The molecule has 0 bridgehead atoms. The molecule has 21 heavy (non-hydrogen) atoms. The van der Waals surface area contributed by atoms with E-state index < -0.39 is 4.92 Å². The summed E-state index contributed by atoms with van der Waals surface area (Å²) in [6.45, 7) is 0.544. The third-order valence-electron chi connectivity index (χ3n) is 3.61. The van der Waals surface area contributed by atoms with Crippen molar-refractivity contribution in [3.8, 4) is 0 Å². The van der Waals surface area contributed by atoms with Gasteiger partial charge in [-0.2, -0.15) is 0 Å². The van der Waals surface area contributed by atoms with Crippen molar-refractivity contribution in [1.82, 2.24) is 5.32 Å². The lowest BCUT2D eigenvalue weighted by Gasteiger charge is -2.13. The number of rotatable bonds is 5. The van der Waals surface area contributed by atoms with E-state index in [1.165, 1.54) is 36.6 Å². The maximum atomic E-state index is 12.0. The van der Waals surface area contributed by atoms with Gasteiger partial charge in [0.15, 0.2) is 0 Å². The standard InChI is InChI=1S/C15H19N3O3/c16-13-7-6-12(10-14(13)18(20)21)15(19)17-9-8-11-4-2-1-3-5-11/h4,6-7,10H,1-3,5,8-9,16H2,(H,17,19). The molecule has 1 aromatic rings. The minimum atomic E-state index is -0.584. The lowest BCUT2D eigenvalue weighted by atomic mass is 9.97. The average Bonchev–Trinajstić information content (AvgIpc) is 2.48. The van der Waals surface area contributed by atoms with Crippen LogP contribution in [-0.4, -0.2) is 17.4 Å². The van der Waals surface area contributed by atoms with Crippen LogP contribution in [0.3, 0.4) is 0 Å². The summed E-state index contributed by atoms with van der Waals surface area (Å²) in [6, 6.07) is 4.10. The van der Waals surface area contributed by atoms with E-state index in [4.69, 9.17) is 5.73 Å². The number of anilines is 1. The molecule has 0 unspecified atom stereocenters. The number of hydrogen-bond donors (Lipinski definition) is 2. The van der Waals surface area contributed by atoms with Crippen molar-refractivity contribution in [2.75, 3.05) is 12.3 Å². The number of nitrogens with zero attached hydrogens (tertiary/aromatic N) is 1. The van der Waals surface area contributed by atoms with Crippen LogP contribution in [-0.2, 0) is 0 Å². The Morgan fingerprint density at radius 2 is 2.19 bits per heavy atom. The maximum absolute atomic E-state index is 12.0. The smallest absolute Gasteiger partial charge is 0.292 e. The Morgan fingerprint density at radius 3 is 2.86 bits per heavy atom. The monoisotopic (exact) mass is 289 g/mol. The molecule has 1 aliphatic rings. The van der Waals surface area contributed by atoms with Crippen molar-refractivity contribution >= 4 is 17.3 Å². The first-order chi connectivity index (χ1) is 10.1. The Balaban J connectivity index is 1.92. The van der Waals surface area contributed by atoms with Crippen LogP contribution >= 0.6 is 0 Å². The summed E-state index contributed by atoms with van der Waals surface area (Å²) in [5.41, 5.74) is 6.97. The molecule has 0 atom stereocenters. The van der Waals surface area contributed by atoms with E-state index in [9.17, 15) is 14.9 Å². The number of carbonyl (C=O) groups is 1. The van der Waals surface area contributed by atoms with Gasteiger partial charge in [-0.3, -0.25) is 14.9 Å². The zero-order valence-electron chi connectivity index (χ0n) is 11.8. The van der Waals surface area contributed by atoms with E-state index in [0.717, 1.165) is 19.3 Å². The fourth-order valence-corrected chi connectivity index (χ4v) is 2.41. The molecule has 6 heteroatoms. The van der Waals surface area contributed by atoms with E-state index in [1.807, 2.05) is 0 Å². The summed E-state index contributed by atoms with van der Waals surface area (Å²) in [5.74, 6) is -0.311. The predicted molar refractivity (Wildman–Crippen MR) is 81.0 cm³/mol. The normalized spacial score (nSPS) is 14.4. The van der Waals surface area contributed by atoms with Crippen LogP contribution in [0.25, 0.3) is 0 Å². The van der Waals surface area contributed by atoms with Crippen molar-refractivity contribution in [2.24, 2.45) is 0 Å². The zero-order valence-corrected chi connectivity index (χ0v) is 11.8. The molecule has 1 aliphatic carbocycles. The average molecular weight is 289 g/mol. The van der Waals surface area contributed by atoms with Gasteiger partial charge in [0.05, 0.1) is 4.92 Å². The van der Waals surface area contributed by atoms with E-state index >= 15 is 0 Å². The SMILES string of the molecule is Nc1ccc(C(=O)NCCC2=CCCCC2)cc1[N+](=O)[O-]. The number of nitrogen functional groups attached to an aromatic ring is 1. The number of carbonyl (C=O) groups excluding carboxylic acids is 1. The van der Waals surface area contributed by atoms with Crippen LogP contribution in [0.1, 0.15) is 42.5 Å². The van der Waals surface area contributed by atoms with Crippen LogP contribution in [0, 0.1) is 10.1 Å². The van der Waals surface area contributed by atoms with Crippen LogP contribution in [0.2, 0.25) is 0 Å². The number of nitro groups is 1. The molecule has 0 saturated carbocycles. The van der Waals surface area contributed by atoms with Crippen LogP contribution < -0.4 is 11.1 Å². The van der Waals surface area contributed by atoms with Gasteiger partial charge in [-0.15, -0.1) is 0 Å². The Labute approximate surface area is 123 Å². The second-order valence-corrected chi connectivity index (χ2v) is 5.14. The second kappa shape index (κ2) is 6.88. The van der Waals surface area contributed by atoms with Gasteiger partial charge < -0.3 is 11.1 Å². The first kappa shape index (κ1) is 15.0. The third-order valence-corrected chi connectivity index (χ3v) is 3.61. The molecular weight excluding hydrogens is 270 g/mol. The summed E-state index contributed by atoms with van der Waals surface area (Å²) in [7, 11) is 0. The molecule has 2 rings (SSSR count). The number of nitrogens with two attached hydrogens (primary N) is 1. The van der Waals surface area contributed by atoms with Crippen molar-refractivity contribution in [3.63, 3.8) is 0 Å². The molecule has 3 N–H and O–H groups in total. The van der Waals surface area contributed by atoms with Crippen molar-refractivity contribution in [1.29, 1.82) is 0 Å². The molecule has 0 fully saturated rings. The molecule has 0 heterocycles. The van der Waals surface area contributed by atoms with E-state index in [1.54, 1.807) is 0 Å². The summed E-state index contributed by atoms with van der Waals surface area (Å²) in [4.78, 5) is 22.2. The quantitative estimate of drug-likeness (QED) is 0.377. The summed E-state index contributed by atoms with van der Waals surface area (Å²) in [5, 5.41) is 13.6. The lowest BCUT2D eigenvalue weighted by molar-refractivity contribution is -0.383. The summed E-state index contributed by atoms with van der Waals surface area (Å²) < 4.78 is 0. The molecule has 0 aromatic heterocycles. The highest BCUT2D eigenvalue weighted by molar-refractivity contribution is 5.95. The maximum Gasteiger partial charge on any atom is 0.292 e. The molecule has 0 radical (unpaired) electrons. The highest BCUT2D eigenvalue weighted by Gasteiger charge is 2.15. The van der Waals surface area contributed by atoms with Gasteiger partial charge in [0.2, 0.25) is 0 Å². The summed E-state index contributed by atoms with van der Waals surface area (Å²) >= 11 is 0. The summed E-state index contributed by atoms with van der Waals surface area (Å²) in [6.07, 6.45) is 7.75. The minimum Gasteiger partial charge on any atom is -0.393 e. The Bertz CT molecular complexity index is 582. The molecule has 1 amide bonds. The number of benzene rings is 1. The van der Waals surface area contributed by atoms with Crippen LogP contribution in [0.5, 0.6) is 0 Å². The molecule has 1 aromatic carbocycles. The second-order valence-electron chi connectivity index (χ2n) is 5.14. The molecule has 0 saturated heterocycles. The topological polar surface area (TPSA) is 98.3 Å². The van der Waals surface area contributed by atoms with Gasteiger partial charge in [-0.25, -0.2) is 0 Å². The molecule has 0 spiro atoms. The number of nitro benzene ring substituents is 1. The van der Waals surface area contributed by atoms with Crippen LogP contribution in [0.15, 0.2) is 29.8 Å². The number of amides is 1. The van der Waals surface area contributed by atoms with Gasteiger partial charge in [-0.05, 0) is 44.2 Å². The highest BCUT2D eigenvalue weighted by atomic mass is 16.6. The van der Waals surface area contributed by atoms with Crippen molar-refractivity contribution < 1.29 is 9.72 Å². The number of nitrogens with one attached hydrogen (secondary N) is 1. The molecular formula is C15H19N3O3.